The van der Waals surface area contributed by atoms with Crippen molar-refractivity contribution in [3.05, 3.63) is 0 Å². The predicted octanol–water partition coefficient (Wildman–Crippen LogP) is 5.66. The molecule has 116 valence electrons. The van der Waals surface area contributed by atoms with Crippen LogP contribution in [0.25, 0.3) is 0 Å². The predicted molar refractivity (Wildman–Crippen MR) is 86.9 cm³/mol. The van der Waals surface area contributed by atoms with Crippen LogP contribution >= 0.6 is 0 Å². The number of hydrogen-bond donors (Lipinski definition) is 0. The van der Waals surface area contributed by atoms with E-state index in [4.69, 9.17) is 8.85 Å². The highest BCUT2D eigenvalue weighted by molar-refractivity contribution is 6.70. The van der Waals surface area contributed by atoms with Gasteiger partial charge in [-0.1, -0.05) is 79.1 Å². The Morgan fingerprint density at radius 3 is 1.53 bits per heavy atom. The van der Waals surface area contributed by atoms with Crippen molar-refractivity contribution < 1.29 is 8.85 Å². The lowest BCUT2D eigenvalue weighted by Gasteiger charge is -2.38. The van der Waals surface area contributed by atoms with Gasteiger partial charge in [0.25, 0.3) is 0 Å². The summed E-state index contributed by atoms with van der Waals surface area (Å²) in [5, 5.41) is 0.150. The molecule has 0 aromatic carbocycles. The first-order valence-corrected chi connectivity index (χ1v) is 10.1. The van der Waals surface area contributed by atoms with Gasteiger partial charge in [-0.05, 0) is 6.04 Å². The smallest absolute Gasteiger partial charge is 0.343 e. The first-order valence-electron chi connectivity index (χ1n) is 8.04. The van der Waals surface area contributed by atoms with E-state index in [0.29, 0.717) is 0 Å². The van der Waals surface area contributed by atoms with Crippen molar-refractivity contribution in [3.63, 3.8) is 0 Å². The van der Waals surface area contributed by atoms with Gasteiger partial charge in [0.15, 0.2) is 0 Å². The molecule has 0 bridgehead atoms. The standard InChI is InChI=1S/C16H36O2Si/c1-7-8-9-10-11-12-13-14-15-19(17-5,18-6)16(2,3)4/h7-15H2,1-6H3. The zero-order valence-electron chi connectivity index (χ0n) is 14.2. The van der Waals surface area contributed by atoms with Crippen molar-refractivity contribution in [1.29, 1.82) is 0 Å². The molecule has 0 aliphatic carbocycles. The van der Waals surface area contributed by atoms with Gasteiger partial charge < -0.3 is 8.85 Å². The highest BCUT2D eigenvalue weighted by Gasteiger charge is 2.47. The Bertz CT molecular complexity index is 207. The molecule has 0 heterocycles. The molecule has 0 aromatic rings. The van der Waals surface area contributed by atoms with E-state index >= 15 is 0 Å². The minimum Gasteiger partial charge on any atom is -0.397 e. The van der Waals surface area contributed by atoms with Crippen molar-refractivity contribution in [1.82, 2.24) is 0 Å². The van der Waals surface area contributed by atoms with E-state index in [1.807, 2.05) is 14.2 Å². The Kier molecular flexibility index (Phi) is 10.0. The average Bonchev–Trinajstić information content (AvgIpc) is 2.36. The minimum absolute atomic E-state index is 0.150. The van der Waals surface area contributed by atoms with Crippen LogP contribution in [0.4, 0.5) is 0 Å². The zero-order valence-corrected chi connectivity index (χ0v) is 15.2. The molecule has 0 saturated heterocycles. The quantitative estimate of drug-likeness (QED) is 0.360. The highest BCUT2D eigenvalue weighted by Crippen LogP contribution is 2.40. The summed E-state index contributed by atoms with van der Waals surface area (Å²) in [6.07, 6.45) is 10.9. The van der Waals surface area contributed by atoms with Gasteiger partial charge in [0.2, 0.25) is 0 Å². The molecule has 19 heavy (non-hydrogen) atoms. The molecule has 0 atom stereocenters. The lowest BCUT2D eigenvalue weighted by atomic mass is 10.1. The first-order chi connectivity index (χ1) is 8.93. The third kappa shape index (κ3) is 6.91. The molecule has 0 rings (SSSR count). The largest absolute Gasteiger partial charge is 0.397 e. The third-order valence-electron chi connectivity index (χ3n) is 4.16. The van der Waals surface area contributed by atoms with Gasteiger partial charge >= 0.3 is 8.56 Å². The van der Waals surface area contributed by atoms with Crippen LogP contribution in [-0.4, -0.2) is 22.8 Å². The Morgan fingerprint density at radius 1 is 0.737 bits per heavy atom. The third-order valence-corrected chi connectivity index (χ3v) is 8.78. The van der Waals surface area contributed by atoms with Gasteiger partial charge in [0.1, 0.15) is 0 Å². The second-order valence-corrected chi connectivity index (χ2v) is 11.0. The van der Waals surface area contributed by atoms with Crippen LogP contribution in [0.2, 0.25) is 11.1 Å². The molecule has 2 nitrogen and oxygen atoms in total. The van der Waals surface area contributed by atoms with Gasteiger partial charge in [-0.15, -0.1) is 0 Å². The molecule has 0 aromatic heterocycles. The summed E-state index contributed by atoms with van der Waals surface area (Å²) < 4.78 is 11.7. The molecule has 3 heteroatoms. The van der Waals surface area contributed by atoms with Crippen LogP contribution in [0, 0.1) is 0 Å². The van der Waals surface area contributed by atoms with Gasteiger partial charge in [-0.25, -0.2) is 0 Å². The first kappa shape index (κ1) is 19.1. The SMILES string of the molecule is CCCCCCCCCC[Si](OC)(OC)C(C)(C)C. The van der Waals surface area contributed by atoms with Crippen molar-refractivity contribution in [2.24, 2.45) is 0 Å². The Hall–Kier alpha value is 0.137. The van der Waals surface area contributed by atoms with Crippen LogP contribution in [0.3, 0.4) is 0 Å². The summed E-state index contributed by atoms with van der Waals surface area (Å²) in [7, 11) is 1.62. The maximum atomic E-state index is 5.83. The molecular formula is C16H36O2Si. The van der Waals surface area contributed by atoms with Crippen molar-refractivity contribution >= 4 is 8.56 Å². The summed E-state index contributed by atoms with van der Waals surface area (Å²) >= 11 is 0. The van der Waals surface area contributed by atoms with Crippen LogP contribution in [0.5, 0.6) is 0 Å². The van der Waals surface area contributed by atoms with Crippen molar-refractivity contribution in [2.75, 3.05) is 14.2 Å². The van der Waals surface area contributed by atoms with Crippen LogP contribution in [0.1, 0.15) is 79.1 Å². The van der Waals surface area contributed by atoms with E-state index < -0.39 is 8.56 Å². The lowest BCUT2D eigenvalue weighted by molar-refractivity contribution is 0.212. The van der Waals surface area contributed by atoms with Crippen LogP contribution in [-0.2, 0) is 8.85 Å². The molecule has 0 aliphatic rings. The fourth-order valence-corrected chi connectivity index (χ4v) is 6.03. The van der Waals surface area contributed by atoms with E-state index in [9.17, 15) is 0 Å². The molecule has 0 radical (unpaired) electrons. The van der Waals surface area contributed by atoms with E-state index in [2.05, 4.69) is 27.7 Å². The minimum atomic E-state index is -2.03. The van der Waals surface area contributed by atoms with Crippen molar-refractivity contribution in [2.45, 2.75) is 90.1 Å². The molecule has 0 saturated carbocycles. The van der Waals surface area contributed by atoms with Crippen LogP contribution in [0.15, 0.2) is 0 Å². The monoisotopic (exact) mass is 288 g/mol. The maximum Gasteiger partial charge on any atom is 0.343 e. The molecule has 0 spiro atoms. The second kappa shape index (κ2) is 9.95. The number of rotatable bonds is 11. The topological polar surface area (TPSA) is 18.5 Å². The Labute approximate surface area is 122 Å². The van der Waals surface area contributed by atoms with Gasteiger partial charge in [-0.2, -0.15) is 0 Å². The van der Waals surface area contributed by atoms with E-state index in [-0.39, 0.29) is 5.04 Å². The molecule has 0 fully saturated rings. The number of hydrogen-bond acceptors (Lipinski definition) is 2. The van der Waals surface area contributed by atoms with Crippen molar-refractivity contribution in [3.8, 4) is 0 Å². The fourth-order valence-electron chi connectivity index (χ4n) is 2.77. The second-order valence-electron chi connectivity index (χ2n) is 6.64. The van der Waals surface area contributed by atoms with Gasteiger partial charge in [0.05, 0.1) is 0 Å². The molecule has 0 amide bonds. The molecule has 0 aliphatic heterocycles. The van der Waals surface area contributed by atoms with Gasteiger partial charge in [-0.3, -0.25) is 0 Å². The Morgan fingerprint density at radius 2 is 1.16 bits per heavy atom. The normalized spacial score (nSPS) is 12.9. The van der Waals surface area contributed by atoms with E-state index in [1.165, 1.54) is 51.4 Å². The van der Waals surface area contributed by atoms with E-state index in [0.717, 1.165) is 6.04 Å². The number of unbranched alkanes of at least 4 members (excludes halogenated alkanes) is 7. The lowest BCUT2D eigenvalue weighted by Crippen LogP contribution is -2.48. The zero-order chi connectivity index (χ0) is 14.8. The highest BCUT2D eigenvalue weighted by atomic mass is 28.4. The van der Waals surface area contributed by atoms with E-state index in [1.54, 1.807) is 0 Å². The summed E-state index contributed by atoms with van der Waals surface area (Å²) in [4.78, 5) is 0. The molecule has 0 N–H and O–H groups in total. The fraction of sp³-hybridized carbons (Fsp3) is 1.00. The van der Waals surface area contributed by atoms with Gasteiger partial charge in [0, 0.05) is 19.3 Å². The molecular weight excluding hydrogens is 252 g/mol. The summed E-state index contributed by atoms with van der Waals surface area (Å²) in [6, 6.07) is 1.12. The molecule has 0 unspecified atom stereocenters. The summed E-state index contributed by atoms with van der Waals surface area (Å²) in [5.41, 5.74) is 0. The Balaban J connectivity index is 3.83. The average molecular weight is 289 g/mol. The summed E-state index contributed by atoms with van der Waals surface area (Å²) in [6.45, 7) is 9.01. The summed E-state index contributed by atoms with van der Waals surface area (Å²) in [5.74, 6) is 0. The maximum absolute atomic E-state index is 5.83. The van der Waals surface area contributed by atoms with Crippen LogP contribution < -0.4 is 0 Å².